The summed E-state index contributed by atoms with van der Waals surface area (Å²) in [5.41, 5.74) is 5.62. The van der Waals surface area contributed by atoms with E-state index in [-0.39, 0.29) is 18.6 Å². The summed E-state index contributed by atoms with van der Waals surface area (Å²) in [5, 5.41) is 19.4. The largest absolute Gasteiger partial charge is 0.392 e. The number of hydrogen-bond acceptors (Lipinski definition) is 5. The molecular formula is C23H30N4O2. The van der Waals surface area contributed by atoms with Crippen molar-refractivity contribution in [3.05, 3.63) is 70.3 Å². The number of benzene rings is 1. The molecule has 1 amide bonds. The maximum absolute atomic E-state index is 12.6. The number of carbonyl (C=O) groups excluding carboxylic acids is 1. The van der Waals surface area contributed by atoms with Gasteiger partial charge >= 0.3 is 0 Å². The predicted molar refractivity (Wildman–Crippen MR) is 117 cm³/mol. The number of aliphatic hydroxyl groups excluding tert-OH is 1. The molecule has 29 heavy (non-hydrogen) atoms. The number of nitrogens with one attached hydrogen (secondary N) is 3. The molecule has 154 valence electrons. The Morgan fingerprint density at radius 2 is 2.07 bits per heavy atom. The standard InChI is InChI=1S/C23H30N4O2/c1-24-10-11-25-14-20-8-6-17(7-9-21(20)16-28)13-27-23(29)22-12-18-4-2-3-5-19(18)15-26-22/h2-8,22,25-26,28H,1,9-16H2,(H,27,29). The first-order valence-corrected chi connectivity index (χ1v) is 10.1. The van der Waals surface area contributed by atoms with Gasteiger partial charge in [-0.2, -0.15) is 0 Å². The molecule has 0 bridgehead atoms. The fourth-order valence-corrected chi connectivity index (χ4v) is 3.59. The number of fused-ring (bicyclic) bond motifs is 1. The number of amides is 1. The Morgan fingerprint density at radius 3 is 2.86 bits per heavy atom. The lowest BCUT2D eigenvalue weighted by atomic mass is 9.95. The molecule has 4 N–H and O–H groups in total. The van der Waals surface area contributed by atoms with Gasteiger partial charge in [0.05, 0.1) is 19.2 Å². The molecule has 6 nitrogen and oxygen atoms in total. The molecule has 1 aliphatic heterocycles. The first-order valence-electron chi connectivity index (χ1n) is 10.1. The Kier molecular flexibility index (Phi) is 7.93. The van der Waals surface area contributed by atoms with Gasteiger partial charge in [-0.25, -0.2) is 0 Å². The lowest BCUT2D eigenvalue weighted by Crippen LogP contribution is -2.48. The van der Waals surface area contributed by atoms with E-state index in [0.717, 1.165) is 29.8 Å². The molecule has 1 aromatic rings. The van der Waals surface area contributed by atoms with Crippen LogP contribution in [0.1, 0.15) is 17.5 Å². The zero-order valence-electron chi connectivity index (χ0n) is 16.8. The van der Waals surface area contributed by atoms with Crippen molar-refractivity contribution in [1.82, 2.24) is 16.0 Å². The topological polar surface area (TPSA) is 85.8 Å². The Hall–Kier alpha value is -2.54. The highest BCUT2D eigenvalue weighted by atomic mass is 16.3. The number of aliphatic hydroxyl groups is 1. The smallest absolute Gasteiger partial charge is 0.237 e. The zero-order valence-corrected chi connectivity index (χ0v) is 16.8. The van der Waals surface area contributed by atoms with Crippen molar-refractivity contribution < 1.29 is 9.90 Å². The second kappa shape index (κ2) is 10.9. The van der Waals surface area contributed by atoms with Gasteiger partial charge in [0, 0.05) is 26.2 Å². The number of carbonyl (C=O) groups is 1. The quantitative estimate of drug-likeness (QED) is 0.376. The molecule has 0 aromatic heterocycles. The van der Waals surface area contributed by atoms with Gasteiger partial charge < -0.3 is 21.1 Å². The highest BCUT2D eigenvalue weighted by molar-refractivity contribution is 5.82. The van der Waals surface area contributed by atoms with Crippen molar-refractivity contribution in [2.75, 3.05) is 32.8 Å². The maximum atomic E-state index is 12.6. The van der Waals surface area contributed by atoms with E-state index in [1.807, 2.05) is 24.3 Å². The average molecular weight is 395 g/mol. The minimum Gasteiger partial charge on any atom is -0.392 e. The van der Waals surface area contributed by atoms with E-state index >= 15 is 0 Å². The van der Waals surface area contributed by atoms with Gasteiger partial charge in [0.1, 0.15) is 0 Å². The van der Waals surface area contributed by atoms with Crippen LogP contribution in [0.25, 0.3) is 0 Å². The number of nitrogens with zero attached hydrogens (tertiary/aromatic N) is 1. The minimum absolute atomic E-state index is 0.0206. The summed E-state index contributed by atoms with van der Waals surface area (Å²) in [6.45, 7) is 6.82. The van der Waals surface area contributed by atoms with Gasteiger partial charge in [-0.15, -0.1) is 0 Å². The summed E-state index contributed by atoms with van der Waals surface area (Å²) < 4.78 is 0. The van der Waals surface area contributed by atoms with Crippen LogP contribution in [0.3, 0.4) is 0 Å². The number of allylic oxidation sites excluding steroid dienone is 1. The molecule has 1 unspecified atom stereocenters. The summed E-state index contributed by atoms with van der Waals surface area (Å²) in [4.78, 5) is 16.5. The van der Waals surface area contributed by atoms with Gasteiger partial charge in [-0.3, -0.25) is 9.79 Å². The molecule has 1 aromatic carbocycles. The van der Waals surface area contributed by atoms with Crippen LogP contribution >= 0.6 is 0 Å². The summed E-state index contributed by atoms with van der Waals surface area (Å²) in [7, 11) is 0. The van der Waals surface area contributed by atoms with Gasteiger partial charge in [0.2, 0.25) is 5.91 Å². The third-order valence-corrected chi connectivity index (χ3v) is 5.38. The zero-order chi connectivity index (χ0) is 20.5. The SMILES string of the molecule is C=NCCNCC1=C(CO)CC=C(CNC(=O)C2Cc3ccccc3CN2)C=C1. The minimum atomic E-state index is -0.204. The van der Waals surface area contributed by atoms with Crippen molar-refractivity contribution in [2.24, 2.45) is 4.99 Å². The molecule has 6 heteroatoms. The molecule has 3 rings (SSSR count). The van der Waals surface area contributed by atoms with E-state index < -0.39 is 0 Å². The van der Waals surface area contributed by atoms with Crippen molar-refractivity contribution in [3.8, 4) is 0 Å². The van der Waals surface area contributed by atoms with Crippen LogP contribution in [-0.4, -0.2) is 56.6 Å². The molecule has 0 fully saturated rings. The van der Waals surface area contributed by atoms with Crippen LogP contribution in [0.5, 0.6) is 0 Å². The van der Waals surface area contributed by atoms with Gasteiger partial charge in [0.15, 0.2) is 0 Å². The molecule has 0 saturated heterocycles. The average Bonchev–Trinajstić information content (AvgIpc) is 2.96. The summed E-state index contributed by atoms with van der Waals surface area (Å²) in [6, 6.07) is 8.04. The number of rotatable bonds is 9. The Balaban J connectivity index is 1.51. The van der Waals surface area contributed by atoms with E-state index in [1.165, 1.54) is 11.1 Å². The van der Waals surface area contributed by atoms with Crippen molar-refractivity contribution in [3.63, 3.8) is 0 Å². The van der Waals surface area contributed by atoms with Crippen molar-refractivity contribution >= 4 is 12.6 Å². The molecule has 1 atom stereocenters. The monoisotopic (exact) mass is 394 g/mol. The second-order valence-corrected chi connectivity index (χ2v) is 7.35. The Morgan fingerprint density at radius 1 is 1.24 bits per heavy atom. The van der Waals surface area contributed by atoms with E-state index in [9.17, 15) is 9.90 Å². The lowest BCUT2D eigenvalue weighted by Gasteiger charge is -2.25. The second-order valence-electron chi connectivity index (χ2n) is 7.35. The molecule has 0 radical (unpaired) electrons. The third kappa shape index (κ3) is 5.97. The van der Waals surface area contributed by atoms with E-state index in [0.29, 0.717) is 32.5 Å². The normalized spacial score (nSPS) is 18.7. The Labute approximate surface area is 172 Å². The fraction of sp³-hybridized carbons (Fsp3) is 0.391. The highest BCUT2D eigenvalue weighted by Crippen LogP contribution is 2.18. The fourth-order valence-electron chi connectivity index (χ4n) is 3.59. The van der Waals surface area contributed by atoms with E-state index in [4.69, 9.17) is 0 Å². The molecule has 0 spiro atoms. The molecule has 2 aliphatic rings. The van der Waals surface area contributed by atoms with Crippen molar-refractivity contribution in [1.29, 1.82) is 0 Å². The van der Waals surface area contributed by atoms with Gasteiger partial charge in [0.25, 0.3) is 0 Å². The number of aliphatic imine (C=N–C) groups is 1. The Bertz CT molecular complexity index is 826. The van der Waals surface area contributed by atoms with Gasteiger partial charge in [-0.05, 0) is 47.4 Å². The molecule has 0 saturated carbocycles. The first-order chi connectivity index (χ1) is 14.2. The molecule has 1 aliphatic carbocycles. The predicted octanol–water partition coefficient (Wildman–Crippen LogP) is 1.28. The number of hydrogen-bond donors (Lipinski definition) is 4. The van der Waals surface area contributed by atoms with Crippen LogP contribution in [0.2, 0.25) is 0 Å². The highest BCUT2D eigenvalue weighted by Gasteiger charge is 2.23. The van der Waals surface area contributed by atoms with E-state index in [1.54, 1.807) is 0 Å². The van der Waals surface area contributed by atoms with E-state index in [2.05, 4.69) is 45.9 Å². The summed E-state index contributed by atoms with van der Waals surface area (Å²) in [5.74, 6) is 0.0206. The summed E-state index contributed by atoms with van der Waals surface area (Å²) in [6.07, 6.45) is 7.52. The van der Waals surface area contributed by atoms with Crippen LogP contribution in [-0.2, 0) is 17.8 Å². The lowest BCUT2D eigenvalue weighted by molar-refractivity contribution is -0.123. The van der Waals surface area contributed by atoms with Crippen LogP contribution in [0.15, 0.2) is 64.2 Å². The molecular weight excluding hydrogens is 364 g/mol. The molecule has 1 heterocycles. The van der Waals surface area contributed by atoms with Crippen LogP contribution in [0.4, 0.5) is 0 Å². The van der Waals surface area contributed by atoms with Crippen LogP contribution in [0, 0.1) is 0 Å². The van der Waals surface area contributed by atoms with Crippen molar-refractivity contribution in [2.45, 2.75) is 25.4 Å². The first kappa shape index (κ1) is 21.2. The van der Waals surface area contributed by atoms with Gasteiger partial charge in [-0.1, -0.05) is 42.5 Å². The van der Waals surface area contributed by atoms with Crippen LogP contribution < -0.4 is 16.0 Å². The third-order valence-electron chi connectivity index (χ3n) is 5.38. The maximum Gasteiger partial charge on any atom is 0.237 e. The summed E-state index contributed by atoms with van der Waals surface area (Å²) >= 11 is 0.